The van der Waals surface area contributed by atoms with Gasteiger partial charge in [-0.2, -0.15) is 4.31 Å². The highest BCUT2D eigenvalue weighted by atomic mass is 32.2. The van der Waals surface area contributed by atoms with E-state index in [1.54, 1.807) is 4.68 Å². The third-order valence-corrected chi connectivity index (χ3v) is 4.77. The van der Waals surface area contributed by atoms with Gasteiger partial charge in [0, 0.05) is 26.1 Å². The van der Waals surface area contributed by atoms with Crippen LogP contribution in [0, 0.1) is 0 Å². The van der Waals surface area contributed by atoms with Crippen molar-refractivity contribution in [1.82, 2.24) is 24.2 Å². The number of hydrogen-bond acceptors (Lipinski definition) is 6. The largest absolute Gasteiger partial charge is 0.379 e. The summed E-state index contributed by atoms with van der Waals surface area (Å²) in [5, 5.41) is 8.07. The van der Waals surface area contributed by atoms with E-state index in [0.717, 1.165) is 17.9 Å². The molecule has 1 aromatic rings. The predicted molar refractivity (Wildman–Crippen MR) is 78.4 cm³/mol. The standard InChI is InChI=1S/C12H23N5O3S/c1-15(2)5-6-20-9-10-7-17(21(4,18)19)8-11-12(10)16(3)14-13-11/h10H,5-9H2,1-4H3. The van der Waals surface area contributed by atoms with Crippen molar-refractivity contribution in [1.29, 1.82) is 0 Å². The maximum atomic E-state index is 11.8. The first kappa shape index (κ1) is 16.3. The van der Waals surface area contributed by atoms with Crippen LogP contribution >= 0.6 is 0 Å². The van der Waals surface area contributed by atoms with Gasteiger partial charge in [0.25, 0.3) is 0 Å². The van der Waals surface area contributed by atoms with E-state index in [1.165, 1.54) is 10.6 Å². The highest BCUT2D eigenvalue weighted by molar-refractivity contribution is 7.88. The Bertz CT molecular complexity index is 584. The van der Waals surface area contributed by atoms with E-state index in [4.69, 9.17) is 4.74 Å². The van der Waals surface area contributed by atoms with Gasteiger partial charge in [0.1, 0.15) is 5.69 Å². The second-order valence-corrected chi connectivity index (χ2v) is 7.66. The number of fused-ring (bicyclic) bond motifs is 1. The Hall–Kier alpha value is -1.03. The molecule has 0 fully saturated rings. The summed E-state index contributed by atoms with van der Waals surface area (Å²) in [6.07, 6.45) is 1.22. The molecule has 0 aromatic carbocycles. The average molecular weight is 317 g/mol. The zero-order valence-corrected chi connectivity index (χ0v) is 13.8. The summed E-state index contributed by atoms with van der Waals surface area (Å²) in [6, 6.07) is 0. The molecule has 0 saturated heterocycles. The van der Waals surface area contributed by atoms with Gasteiger partial charge in [-0.1, -0.05) is 5.21 Å². The van der Waals surface area contributed by atoms with Crippen LogP contribution < -0.4 is 0 Å². The van der Waals surface area contributed by atoms with Gasteiger partial charge >= 0.3 is 0 Å². The van der Waals surface area contributed by atoms with Crippen molar-refractivity contribution in [3.63, 3.8) is 0 Å². The van der Waals surface area contributed by atoms with Crippen LogP contribution in [0.3, 0.4) is 0 Å². The Labute approximate surface area is 125 Å². The summed E-state index contributed by atoms with van der Waals surface area (Å²) in [6.45, 7) is 2.61. The minimum atomic E-state index is -3.24. The first-order chi connectivity index (χ1) is 9.79. The van der Waals surface area contributed by atoms with Crippen LogP contribution in [0.4, 0.5) is 0 Å². The molecular weight excluding hydrogens is 294 g/mol. The minimum absolute atomic E-state index is 0.0364. The van der Waals surface area contributed by atoms with Crippen LogP contribution in [0.5, 0.6) is 0 Å². The van der Waals surface area contributed by atoms with E-state index < -0.39 is 10.0 Å². The second-order valence-electron chi connectivity index (χ2n) is 5.68. The van der Waals surface area contributed by atoms with Crippen molar-refractivity contribution in [3.05, 3.63) is 11.4 Å². The van der Waals surface area contributed by atoms with Gasteiger partial charge in [-0.05, 0) is 14.1 Å². The molecule has 0 N–H and O–H groups in total. The summed E-state index contributed by atoms with van der Waals surface area (Å²) < 4.78 is 32.4. The van der Waals surface area contributed by atoms with Crippen LogP contribution in [0.15, 0.2) is 0 Å². The number of sulfonamides is 1. The summed E-state index contributed by atoms with van der Waals surface area (Å²) in [5.74, 6) is -0.0364. The molecule has 2 heterocycles. The van der Waals surface area contributed by atoms with Crippen LogP contribution in [0.1, 0.15) is 17.3 Å². The van der Waals surface area contributed by atoms with Crippen LogP contribution in [0.2, 0.25) is 0 Å². The molecule has 1 aliphatic heterocycles. The fourth-order valence-corrected chi connectivity index (χ4v) is 3.25. The lowest BCUT2D eigenvalue weighted by Gasteiger charge is -2.30. The topological polar surface area (TPSA) is 80.6 Å². The zero-order valence-electron chi connectivity index (χ0n) is 13.0. The Morgan fingerprint density at radius 2 is 2.14 bits per heavy atom. The van der Waals surface area contributed by atoms with Crippen molar-refractivity contribution < 1.29 is 13.2 Å². The number of likely N-dealkylation sites (N-methyl/N-ethyl adjacent to an activating group) is 1. The minimum Gasteiger partial charge on any atom is -0.379 e. The van der Waals surface area contributed by atoms with E-state index in [2.05, 4.69) is 10.3 Å². The molecule has 0 amide bonds. The van der Waals surface area contributed by atoms with Crippen molar-refractivity contribution >= 4 is 10.0 Å². The fraction of sp³-hybridized carbons (Fsp3) is 0.833. The van der Waals surface area contributed by atoms with Gasteiger partial charge < -0.3 is 9.64 Å². The van der Waals surface area contributed by atoms with Gasteiger partial charge in [-0.25, -0.2) is 8.42 Å². The Morgan fingerprint density at radius 1 is 1.43 bits per heavy atom. The maximum Gasteiger partial charge on any atom is 0.211 e. The smallest absolute Gasteiger partial charge is 0.211 e. The molecule has 2 rings (SSSR count). The molecule has 0 aliphatic carbocycles. The summed E-state index contributed by atoms with van der Waals surface area (Å²) in [4.78, 5) is 2.04. The van der Waals surface area contributed by atoms with E-state index in [0.29, 0.717) is 19.8 Å². The monoisotopic (exact) mass is 317 g/mol. The molecule has 1 aliphatic rings. The van der Waals surface area contributed by atoms with Gasteiger partial charge in [0.05, 0.1) is 31.7 Å². The van der Waals surface area contributed by atoms with Gasteiger partial charge in [-0.15, -0.1) is 5.10 Å². The quantitative estimate of drug-likeness (QED) is 0.643. The Balaban J connectivity index is 2.09. The first-order valence-corrected chi connectivity index (χ1v) is 8.70. The predicted octanol–water partition coefficient (Wildman–Crippen LogP) is -0.748. The van der Waals surface area contributed by atoms with Crippen molar-refractivity contribution in [2.75, 3.05) is 46.7 Å². The van der Waals surface area contributed by atoms with Crippen LogP contribution in [-0.4, -0.2) is 79.3 Å². The van der Waals surface area contributed by atoms with Crippen molar-refractivity contribution in [3.8, 4) is 0 Å². The number of aryl methyl sites for hydroxylation is 1. The molecule has 9 heteroatoms. The lowest BCUT2D eigenvalue weighted by molar-refractivity contribution is 0.0953. The van der Waals surface area contributed by atoms with Gasteiger partial charge in [0.2, 0.25) is 10.0 Å². The molecule has 21 heavy (non-hydrogen) atoms. The van der Waals surface area contributed by atoms with Crippen molar-refractivity contribution in [2.45, 2.75) is 12.5 Å². The molecule has 0 saturated carbocycles. The van der Waals surface area contributed by atoms with E-state index in [1.807, 2.05) is 26.0 Å². The highest BCUT2D eigenvalue weighted by Crippen LogP contribution is 2.28. The molecule has 1 unspecified atom stereocenters. The third kappa shape index (κ3) is 4.00. The third-order valence-electron chi connectivity index (χ3n) is 3.55. The van der Waals surface area contributed by atoms with E-state index in [-0.39, 0.29) is 12.5 Å². The number of rotatable bonds is 6. The fourth-order valence-electron chi connectivity index (χ4n) is 2.44. The Kier molecular flexibility index (Phi) is 4.97. The lowest BCUT2D eigenvalue weighted by Crippen LogP contribution is -2.39. The molecule has 120 valence electrons. The maximum absolute atomic E-state index is 11.8. The Morgan fingerprint density at radius 3 is 2.76 bits per heavy atom. The van der Waals surface area contributed by atoms with Gasteiger partial charge in [0.15, 0.2) is 0 Å². The molecule has 0 bridgehead atoms. The SMILES string of the molecule is CN(C)CCOCC1CN(S(C)(=O)=O)Cc2nnn(C)c21. The second kappa shape index (κ2) is 6.39. The van der Waals surface area contributed by atoms with E-state index in [9.17, 15) is 8.42 Å². The molecule has 0 spiro atoms. The molecular formula is C12H23N5O3S. The summed E-state index contributed by atoms with van der Waals surface area (Å²) in [7, 11) is 2.55. The van der Waals surface area contributed by atoms with E-state index >= 15 is 0 Å². The lowest BCUT2D eigenvalue weighted by atomic mass is 10.0. The average Bonchev–Trinajstić information content (AvgIpc) is 2.75. The molecule has 1 atom stereocenters. The first-order valence-electron chi connectivity index (χ1n) is 6.85. The molecule has 0 radical (unpaired) electrons. The number of ether oxygens (including phenoxy) is 1. The van der Waals surface area contributed by atoms with Crippen LogP contribution in [0.25, 0.3) is 0 Å². The number of nitrogens with zero attached hydrogens (tertiary/aromatic N) is 5. The normalized spacial score (nSPS) is 20.0. The molecule has 1 aromatic heterocycles. The zero-order chi connectivity index (χ0) is 15.6. The molecule has 8 nitrogen and oxygen atoms in total. The van der Waals surface area contributed by atoms with Gasteiger partial charge in [-0.3, -0.25) is 4.68 Å². The highest BCUT2D eigenvalue weighted by Gasteiger charge is 2.33. The summed E-state index contributed by atoms with van der Waals surface area (Å²) >= 11 is 0. The van der Waals surface area contributed by atoms with Crippen molar-refractivity contribution in [2.24, 2.45) is 7.05 Å². The number of hydrogen-bond donors (Lipinski definition) is 0. The number of aromatic nitrogens is 3. The summed E-state index contributed by atoms with van der Waals surface area (Å²) in [5.41, 5.74) is 1.69. The van der Waals surface area contributed by atoms with Crippen LogP contribution in [-0.2, 0) is 28.4 Å².